The second kappa shape index (κ2) is 31.4. The lowest BCUT2D eigenvalue weighted by Crippen LogP contribution is -2.50. The van der Waals surface area contributed by atoms with Crippen molar-refractivity contribution in [3.8, 4) is 0 Å². The highest BCUT2D eigenvalue weighted by atomic mass is 32.2. The Morgan fingerprint density at radius 2 is 1.00 bits per heavy atom. The Balaban J connectivity index is 4.08. The molecular formula is C37H71NO6S. The van der Waals surface area contributed by atoms with Crippen molar-refractivity contribution in [1.82, 2.24) is 5.32 Å². The molecule has 0 saturated heterocycles. The fourth-order valence-electron chi connectivity index (χ4n) is 5.55. The Labute approximate surface area is 277 Å². The minimum Gasteiger partial charge on any atom is -0.387 e. The first-order chi connectivity index (χ1) is 21.7. The van der Waals surface area contributed by atoms with E-state index >= 15 is 0 Å². The number of unbranched alkanes of at least 4 members (excludes halogenated alkanes) is 22. The fourth-order valence-corrected chi connectivity index (χ4v) is 6.29. The molecule has 7 nitrogen and oxygen atoms in total. The summed E-state index contributed by atoms with van der Waals surface area (Å²) in [7, 11) is -4.44. The molecular weight excluding hydrogens is 586 g/mol. The Kier molecular flexibility index (Phi) is 30.5. The fraction of sp³-hybridized carbons (Fsp3) is 0.865. The Morgan fingerprint density at radius 3 is 1.47 bits per heavy atom. The van der Waals surface area contributed by atoms with Crippen LogP contribution in [0, 0.1) is 0 Å². The maximum absolute atomic E-state index is 12.5. The van der Waals surface area contributed by atoms with Gasteiger partial charge in [-0.25, -0.2) is 0 Å². The van der Waals surface area contributed by atoms with E-state index in [1.165, 1.54) is 109 Å². The Bertz CT molecular complexity index is 829. The highest BCUT2D eigenvalue weighted by Gasteiger charge is 2.27. The predicted molar refractivity (Wildman–Crippen MR) is 190 cm³/mol. The molecule has 1 amide bonds. The van der Waals surface area contributed by atoms with Gasteiger partial charge < -0.3 is 15.5 Å². The van der Waals surface area contributed by atoms with Gasteiger partial charge in [-0.15, -0.1) is 0 Å². The SMILES string of the molecule is CCCC/C=C\CCCCCCC(O)C(=O)NC(CS(=O)(=O)O)C(O)/C=C/CCCCCCCCCCCCCCCCCC. The van der Waals surface area contributed by atoms with E-state index < -0.39 is 40.0 Å². The molecule has 0 bridgehead atoms. The molecule has 266 valence electrons. The monoisotopic (exact) mass is 658 g/mol. The van der Waals surface area contributed by atoms with E-state index in [9.17, 15) is 28.0 Å². The molecule has 3 unspecified atom stereocenters. The van der Waals surface area contributed by atoms with E-state index in [0.717, 1.165) is 51.4 Å². The summed E-state index contributed by atoms with van der Waals surface area (Å²) in [6.07, 6.45) is 35.3. The van der Waals surface area contributed by atoms with Crippen LogP contribution in [0.2, 0.25) is 0 Å². The molecule has 0 aliphatic heterocycles. The van der Waals surface area contributed by atoms with Gasteiger partial charge in [0.25, 0.3) is 10.1 Å². The first-order valence-corrected chi connectivity index (χ1v) is 20.3. The zero-order valence-corrected chi connectivity index (χ0v) is 29.9. The van der Waals surface area contributed by atoms with E-state index in [0.29, 0.717) is 6.42 Å². The number of allylic oxidation sites excluding steroid dienone is 3. The first-order valence-electron chi connectivity index (χ1n) is 18.6. The number of carbonyl (C=O) groups is 1. The third kappa shape index (κ3) is 31.2. The number of aliphatic hydroxyl groups excluding tert-OH is 2. The summed E-state index contributed by atoms with van der Waals surface area (Å²) in [6.45, 7) is 4.44. The van der Waals surface area contributed by atoms with Gasteiger partial charge in [-0.05, 0) is 38.5 Å². The van der Waals surface area contributed by atoms with E-state index in [1.54, 1.807) is 6.08 Å². The van der Waals surface area contributed by atoms with Crippen LogP contribution in [0.1, 0.15) is 181 Å². The topological polar surface area (TPSA) is 124 Å². The Morgan fingerprint density at radius 1 is 0.600 bits per heavy atom. The molecule has 0 heterocycles. The van der Waals surface area contributed by atoms with Crippen molar-refractivity contribution in [2.75, 3.05) is 5.75 Å². The molecule has 0 spiro atoms. The lowest BCUT2D eigenvalue weighted by atomic mass is 10.0. The standard InChI is InChI=1S/C37H71NO6S/c1-3-5-7-9-11-13-15-16-17-18-19-20-21-22-24-25-27-29-31-35(39)34(33-45(42,43)44)38-37(41)36(40)32-30-28-26-23-14-12-10-8-6-4-2/h10,12,29,31,34-36,39-40H,3-9,11,13-28,30,32-33H2,1-2H3,(H,38,41)(H,42,43,44)/b12-10-,31-29+. The second-order valence-electron chi connectivity index (χ2n) is 13.0. The normalized spacial score (nSPS) is 14.3. The van der Waals surface area contributed by atoms with Crippen LogP contribution >= 0.6 is 0 Å². The third-order valence-electron chi connectivity index (χ3n) is 8.48. The largest absolute Gasteiger partial charge is 0.387 e. The van der Waals surface area contributed by atoms with Gasteiger partial charge in [-0.3, -0.25) is 9.35 Å². The molecule has 0 rings (SSSR count). The number of hydrogen-bond acceptors (Lipinski definition) is 5. The molecule has 0 aromatic carbocycles. The molecule has 0 aliphatic carbocycles. The van der Waals surface area contributed by atoms with Crippen molar-refractivity contribution >= 4 is 16.0 Å². The van der Waals surface area contributed by atoms with Crippen molar-refractivity contribution in [3.05, 3.63) is 24.3 Å². The van der Waals surface area contributed by atoms with Gasteiger partial charge in [0, 0.05) is 0 Å². The lowest BCUT2D eigenvalue weighted by Gasteiger charge is -2.22. The van der Waals surface area contributed by atoms with Crippen LogP contribution in [0.5, 0.6) is 0 Å². The van der Waals surface area contributed by atoms with Crippen molar-refractivity contribution in [3.63, 3.8) is 0 Å². The average molecular weight is 658 g/mol. The van der Waals surface area contributed by atoms with Crippen molar-refractivity contribution in [2.45, 2.75) is 199 Å². The second-order valence-corrected chi connectivity index (χ2v) is 14.5. The summed E-state index contributed by atoms with van der Waals surface area (Å²) < 4.78 is 32.4. The molecule has 0 aromatic rings. The molecule has 0 fully saturated rings. The average Bonchev–Trinajstić information content (AvgIpc) is 3.00. The molecule has 45 heavy (non-hydrogen) atoms. The van der Waals surface area contributed by atoms with Gasteiger partial charge in [-0.1, -0.05) is 167 Å². The highest BCUT2D eigenvalue weighted by molar-refractivity contribution is 7.85. The van der Waals surface area contributed by atoms with Gasteiger partial charge in [0.05, 0.1) is 17.9 Å². The van der Waals surface area contributed by atoms with Gasteiger partial charge in [-0.2, -0.15) is 8.42 Å². The van der Waals surface area contributed by atoms with E-state index in [4.69, 9.17) is 0 Å². The number of nitrogens with one attached hydrogen (secondary N) is 1. The molecule has 0 aliphatic rings. The van der Waals surface area contributed by atoms with Crippen LogP contribution in [0.25, 0.3) is 0 Å². The van der Waals surface area contributed by atoms with Crippen LogP contribution in [-0.2, 0) is 14.9 Å². The summed E-state index contributed by atoms with van der Waals surface area (Å²) in [4.78, 5) is 12.5. The predicted octanol–water partition coefficient (Wildman–Crippen LogP) is 9.38. The van der Waals surface area contributed by atoms with Crippen LogP contribution in [-0.4, -0.2) is 53.1 Å². The van der Waals surface area contributed by atoms with Crippen molar-refractivity contribution in [2.24, 2.45) is 0 Å². The van der Waals surface area contributed by atoms with E-state index in [1.807, 2.05) is 0 Å². The molecule has 0 saturated carbocycles. The molecule has 0 radical (unpaired) electrons. The van der Waals surface area contributed by atoms with Crippen LogP contribution in [0.3, 0.4) is 0 Å². The highest BCUT2D eigenvalue weighted by Crippen LogP contribution is 2.15. The number of rotatable bonds is 33. The maximum atomic E-state index is 12.5. The molecule has 8 heteroatoms. The van der Waals surface area contributed by atoms with E-state index in [2.05, 4.69) is 31.3 Å². The van der Waals surface area contributed by atoms with Crippen molar-refractivity contribution in [1.29, 1.82) is 0 Å². The number of hydrogen-bond donors (Lipinski definition) is 4. The molecule has 3 atom stereocenters. The summed E-state index contributed by atoms with van der Waals surface area (Å²) in [5.41, 5.74) is 0. The third-order valence-corrected chi connectivity index (χ3v) is 9.26. The first kappa shape index (κ1) is 43.8. The zero-order valence-electron chi connectivity index (χ0n) is 29.1. The molecule has 4 N–H and O–H groups in total. The van der Waals surface area contributed by atoms with Gasteiger partial charge in [0.1, 0.15) is 6.10 Å². The maximum Gasteiger partial charge on any atom is 0.267 e. The lowest BCUT2D eigenvalue weighted by molar-refractivity contribution is -0.130. The summed E-state index contributed by atoms with van der Waals surface area (Å²) >= 11 is 0. The van der Waals surface area contributed by atoms with Gasteiger partial charge >= 0.3 is 0 Å². The van der Waals surface area contributed by atoms with Crippen LogP contribution in [0.4, 0.5) is 0 Å². The zero-order chi connectivity index (χ0) is 33.4. The number of carbonyl (C=O) groups excluding carboxylic acids is 1. The van der Waals surface area contributed by atoms with E-state index in [-0.39, 0.29) is 6.42 Å². The minimum absolute atomic E-state index is 0.266. The number of aliphatic hydroxyl groups is 2. The van der Waals surface area contributed by atoms with Crippen LogP contribution in [0.15, 0.2) is 24.3 Å². The number of amides is 1. The summed E-state index contributed by atoms with van der Waals surface area (Å²) in [6, 6.07) is -1.23. The van der Waals surface area contributed by atoms with Crippen molar-refractivity contribution < 1.29 is 28.0 Å². The van der Waals surface area contributed by atoms with Gasteiger partial charge in [0.2, 0.25) is 5.91 Å². The van der Waals surface area contributed by atoms with Gasteiger partial charge in [0.15, 0.2) is 0 Å². The minimum atomic E-state index is -4.44. The summed E-state index contributed by atoms with van der Waals surface area (Å²) in [5.74, 6) is -1.55. The Hall–Kier alpha value is -1.22. The summed E-state index contributed by atoms with van der Waals surface area (Å²) in [5, 5.41) is 23.2. The van der Waals surface area contributed by atoms with Crippen LogP contribution < -0.4 is 5.32 Å². The molecule has 0 aromatic heterocycles. The quantitative estimate of drug-likeness (QED) is 0.0317. The smallest absolute Gasteiger partial charge is 0.267 e.